The maximum atomic E-state index is 13.4. The van der Waals surface area contributed by atoms with Gasteiger partial charge in [-0.3, -0.25) is 4.79 Å². The number of hydrogen-bond acceptors (Lipinski definition) is 7. The van der Waals surface area contributed by atoms with E-state index in [1.165, 1.54) is 5.56 Å². The zero-order chi connectivity index (χ0) is 29.1. The largest absolute Gasteiger partial charge is 0.378 e. The van der Waals surface area contributed by atoms with Crippen LogP contribution in [0.1, 0.15) is 29.9 Å². The van der Waals surface area contributed by atoms with Crippen molar-refractivity contribution in [3.05, 3.63) is 53.9 Å². The predicted molar refractivity (Wildman–Crippen MR) is 165 cm³/mol. The number of amides is 1. The molecule has 0 saturated carbocycles. The summed E-state index contributed by atoms with van der Waals surface area (Å²) < 4.78 is 15.5. The summed E-state index contributed by atoms with van der Waals surface area (Å²) in [6, 6.07) is 13.1. The Hall–Kier alpha value is -3.54. The minimum absolute atomic E-state index is 0.00810. The van der Waals surface area contributed by atoms with E-state index in [0.29, 0.717) is 50.1 Å². The van der Waals surface area contributed by atoms with Gasteiger partial charge in [-0.15, -0.1) is 0 Å². The van der Waals surface area contributed by atoms with Crippen LogP contribution in [0.25, 0.3) is 28.2 Å². The molecular formula is C30H41N7O3Si. The average molecular weight is 576 g/mol. The van der Waals surface area contributed by atoms with Gasteiger partial charge in [0.05, 0.1) is 24.4 Å². The molecule has 218 valence electrons. The van der Waals surface area contributed by atoms with Crippen LogP contribution in [-0.2, 0) is 16.2 Å². The number of benzene rings is 1. The van der Waals surface area contributed by atoms with Crippen molar-refractivity contribution in [2.45, 2.75) is 59.2 Å². The van der Waals surface area contributed by atoms with Gasteiger partial charge >= 0.3 is 0 Å². The third kappa shape index (κ3) is 6.86. The smallest absolute Gasteiger partial charge is 0.268 e. The molecule has 1 amide bonds. The molecule has 3 aromatic heterocycles. The molecule has 1 N–H and O–H groups in total. The van der Waals surface area contributed by atoms with Gasteiger partial charge in [0.2, 0.25) is 0 Å². The summed E-state index contributed by atoms with van der Waals surface area (Å²) in [6.07, 6.45) is 1.88. The highest BCUT2D eigenvalue weighted by Crippen LogP contribution is 2.30. The van der Waals surface area contributed by atoms with E-state index in [1.54, 1.807) is 4.68 Å². The van der Waals surface area contributed by atoms with Crippen LogP contribution < -0.4 is 10.2 Å². The Morgan fingerprint density at radius 1 is 1.12 bits per heavy atom. The van der Waals surface area contributed by atoms with Crippen molar-refractivity contribution >= 4 is 30.8 Å². The predicted octanol–water partition coefficient (Wildman–Crippen LogP) is 4.88. The fraction of sp³-hybridized carbons (Fsp3) is 0.467. The molecule has 1 aliphatic heterocycles. The third-order valence-corrected chi connectivity index (χ3v) is 8.71. The first-order chi connectivity index (χ1) is 19.6. The van der Waals surface area contributed by atoms with Crippen LogP contribution in [0.3, 0.4) is 0 Å². The normalized spacial score (nSPS) is 14.3. The van der Waals surface area contributed by atoms with E-state index in [-0.39, 0.29) is 18.7 Å². The maximum absolute atomic E-state index is 13.4. The molecule has 1 saturated heterocycles. The lowest BCUT2D eigenvalue weighted by Crippen LogP contribution is -2.37. The van der Waals surface area contributed by atoms with E-state index in [1.807, 2.05) is 48.9 Å². The summed E-state index contributed by atoms with van der Waals surface area (Å²) in [7, 11) is -1.27. The number of hydrogen-bond donors (Lipinski definition) is 1. The van der Waals surface area contributed by atoms with E-state index in [9.17, 15) is 4.79 Å². The molecule has 0 unspecified atom stereocenters. The summed E-state index contributed by atoms with van der Waals surface area (Å²) in [4.78, 5) is 25.5. The fourth-order valence-electron chi connectivity index (χ4n) is 4.82. The van der Waals surface area contributed by atoms with Gasteiger partial charge in [-0.25, -0.2) is 9.67 Å². The van der Waals surface area contributed by atoms with Crippen molar-refractivity contribution in [1.82, 2.24) is 29.6 Å². The zero-order valence-corrected chi connectivity index (χ0v) is 26.0. The average Bonchev–Trinajstić information content (AvgIpc) is 3.56. The number of ether oxygens (including phenoxy) is 2. The number of carbonyl (C=O) groups excluding carboxylic acids is 1. The monoisotopic (exact) mass is 575 g/mol. The van der Waals surface area contributed by atoms with Crippen molar-refractivity contribution in [1.29, 1.82) is 0 Å². The Balaban J connectivity index is 1.60. The maximum Gasteiger partial charge on any atom is 0.268 e. The standard InChI is InChI=1S/C30H41N7O3Si/c1-21(2)31-29(38)26-19-25-27(36(26)20-40-16-17-41(4,5)6)28(35-12-14-39-15-13-35)33-30(32-25)37-11-10-24(34-37)23-9-7-8-22(3)18-23/h7-11,18-19,21H,12-17,20H2,1-6H3,(H,31,38). The molecule has 1 aliphatic rings. The first-order valence-corrected chi connectivity index (χ1v) is 18.1. The van der Waals surface area contributed by atoms with Crippen molar-refractivity contribution in [2.75, 3.05) is 37.8 Å². The summed E-state index contributed by atoms with van der Waals surface area (Å²) in [5.74, 6) is 1.03. The minimum Gasteiger partial charge on any atom is -0.378 e. The van der Waals surface area contributed by atoms with Crippen molar-refractivity contribution < 1.29 is 14.3 Å². The van der Waals surface area contributed by atoms with Crippen LogP contribution in [0.15, 0.2) is 42.6 Å². The zero-order valence-electron chi connectivity index (χ0n) is 25.0. The molecule has 0 bridgehead atoms. The van der Waals surface area contributed by atoms with Gasteiger partial charge in [0.15, 0.2) is 5.82 Å². The minimum atomic E-state index is -1.27. The summed E-state index contributed by atoms with van der Waals surface area (Å²) in [6.45, 7) is 16.4. The first kappa shape index (κ1) is 29.0. The highest BCUT2D eigenvalue weighted by atomic mass is 28.3. The molecule has 41 heavy (non-hydrogen) atoms. The molecule has 0 radical (unpaired) electrons. The number of fused-ring (bicyclic) bond motifs is 1. The molecule has 0 atom stereocenters. The topological polar surface area (TPSA) is 99.3 Å². The number of anilines is 1. The Bertz CT molecular complexity index is 1520. The molecule has 0 aliphatic carbocycles. The fourth-order valence-corrected chi connectivity index (χ4v) is 5.58. The highest BCUT2D eigenvalue weighted by molar-refractivity contribution is 6.76. The van der Waals surface area contributed by atoms with Crippen LogP contribution in [-0.4, -0.2) is 77.2 Å². The summed E-state index contributed by atoms with van der Waals surface area (Å²) in [5, 5.41) is 7.85. The quantitative estimate of drug-likeness (QED) is 0.213. The van der Waals surface area contributed by atoms with Crippen molar-refractivity contribution in [2.24, 2.45) is 0 Å². The van der Waals surface area contributed by atoms with Crippen LogP contribution >= 0.6 is 0 Å². The van der Waals surface area contributed by atoms with Crippen molar-refractivity contribution in [3.8, 4) is 17.2 Å². The van der Waals surface area contributed by atoms with Gasteiger partial charge in [0.25, 0.3) is 11.9 Å². The Labute approximate surface area is 242 Å². The first-order valence-electron chi connectivity index (χ1n) is 14.3. The lowest BCUT2D eigenvalue weighted by molar-refractivity contribution is 0.0806. The van der Waals surface area contributed by atoms with Gasteiger partial charge in [-0.1, -0.05) is 43.4 Å². The van der Waals surface area contributed by atoms with Crippen molar-refractivity contribution in [3.63, 3.8) is 0 Å². The van der Waals surface area contributed by atoms with Gasteiger partial charge in [0, 0.05) is 45.6 Å². The molecular weight excluding hydrogens is 534 g/mol. The van der Waals surface area contributed by atoms with Crippen LogP contribution in [0.4, 0.5) is 5.82 Å². The molecule has 10 nitrogen and oxygen atoms in total. The second-order valence-electron chi connectivity index (χ2n) is 12.1. The molecule has 0 spiro atoms. The molecule has 5 rings (SSSR count). The summed E-state index contributed by atoms with van der Waals surface area (Å²) >= 11 is 0. The van der Waals surface area contributed by atoms with Crippen LogP contribution in [0, 0.1) is 6.92 Å². The molecule has 1 fully saturated rings. The molecule has 4 aromatic rings. The number of aromatic nitrogens is 5. The summed E-state index contributed by atoms with van der Waals surface area (Å²) in [5.41, 5.74) is 5.01. The number of rotatable bonds is 10. The third-order valence-electron chi connectivity index (χ3n) is 7.00. The SMILES string of the molecule is Cc1cccc(-c2ccn(-c3nc(N4CCOCC4)c4c(cc(C(=O)NC(C)C)n4COCC[Si](C)(C)C)n3)n2)c1. The molecule has 4 heterocycles. The van der Waals surface area contributed by atoms with E-state index in [4.69, 9.17) is 24.5 Å². The van der Waals surface area contributed by atoms with Crippen LogP contribution in [0.5, 0.6) is 0 Å². The van der Waals surface area contributed by atoms with E-state index in [2.05, 4.69) is 48.9 Å². The van der Waals surface area contributed by atoms with Gasteiger partial charge < -0.3 is 24.3 Å². The van der Waals surface area contributed by atoms with E-state index in [0.717, 1.165) is 28.6 Å². The van der Waals surface area contributed by atoms with Gasteiger partial charge in [-0.2, -0.15) is 10.1 Å². The number of aryl methyl sites for hydroxylation is 1. The number of carbonyl (C=O) groups is 1. The Morgan fingerprint density at radius 3 is 2.61 bits per heavy atom. The number of nitrogens with one attached hydrogen (secondary N) is 1. The van der Waals surface area contributed by atoms with Crippen LogP contribution in [0.2, 0.25) is 25.7 Å². The Morgan fingerprint density at radius 2 is 1.90 bits per heavy atom. The molecule has 1 aromatic carbocycles. The lowest BCUT2D eigenvalue weighted by atomic mass is 10.1. The lowest BCUT2D eigenvalue weighted by Gasteiger charge is -2.29. The number of morpholine rings is 1. The highest BCUT2D eigenvalue weighted by Gasteiger charge is 2.26. The van der Waals surface area contributed by atoms with Gasteiger partial charge in [-0.05, 0) is 45.0 Å². The number of nitrogens with zero attached hydrogens (tertiary/aromatic N) is 6. The second kappa shape index (κ2) is 12.1. The second-order valence-corrected chi connectivity index (χ2v) is 17.8. The Kier molecular flexibility index (Phi) is 8.57. The van der Waals surface area contributed by atoms with E-state index < -0.39 is 8.07 Å². The van der Waals surface area contributed by atoms with E-state index >= 15 is 0 Å². The van der Waals surface area contributed by atoms with Gasteiger partial charge in [0.1, 0.15) is 17.9 Å². The molecule has 11 heteroatoms.